The quantitative estimate of drug-likeness (QED) is 0.302. The van der Waals surface area contributed by atoms with Gasteiger partial charge in [-0.15, -0.1) is 0 Å². The van der Waals surface area contributed by atoms with E-state index in [1.54, 1.807) is 0 Å². The molecule has 10 atom stereocenters. The smallest absolute Gasteiger partial charge is 0.194 e. The summed E-state index contributed by atoms with van der Waals surface area (Å²) >= 11 is 0. The summed E-state index contributed by atoms with van der Waals surface area (Å²) in [4.78, 5) is 2.51. The molecular weight excluding hydrogens is 511 g/mol. The first-order chi connectivity index (χ1) is 15.0. The van der Waals surface area contributed by atoms with Gasteiger partial charge in [-0.25, -0.2) is 0 Å². The molecule has 5 bridgehead atoms. The van der Waals surface area contributed by atoms with E-state index in [0.29, 0.717) is 35.9 Å². The van der Waals surface area contributed by atoms with Crippen molar-refractivity contribution in [1.29, 1.82) is 0 Å². The third-order valence-corrected chi connectivity index (χ3v) is 10.8. The van der Waals surface area contributed by atoms with Crippen LogP contribution in [0.4, 0.5) is 5.69 Å². The Balaban J connectivity index is 0.00000216. The summed E-state index contributed by atoms with van der Waals surface area (Å²) in [6.07, 6.45) is 9.15. The molecule has 5 heteroatoms. The lowest BCUT2D eigenvalue weighted by molar-refractivity contribution is -1.04. The Kier molecular flexibility index (Phi) is 5.91. The van der Waals surface area contributed by atoms with Crippen LogP contribution in [-0.4, -0.2) is 58.7 Å². The van der Waals surface area contributed by atoms with Crippen LogP contribution in [0.5, 0.6) is 0 Å². The molecule has 4 nitrogen and oxygen atoms in total. The number of likely N-dealkylation sites (N-methyl/N-ethyl adjacent to an activating group) is 1. The fraction of sp³-hybridized carbons (Fsp3) is 0.778. The van der Waals surface area contributed by atoms with Gasteiger partial charge in [0.1, 0.15) is 6.04 Å². The van der Waals surface area contributed by atoms with Crippen molar-refractivity contribution in [3.8, 4) is 0 Å². The molecule has 6 aliphatic rings. The zero-order valence-electron chi connectivity index (χ0n) is 20.0. The van der Waals surface area contributed by atoms with E-state index >= 15 is 0 Å². The molecule has 5 aliphatic heterocycles. The van der Waals surface area contributed by atoms with Crippen molar-refractivity contribution in [2.75, 3.05) is 18.5 Å². The Bertz CT molecular complexity index is 866. The number of rotatable bonds is 7. The van der Waals surface area contributed by atoms with Crippen LogP contribution in [0.3, 0.4) is 0 Å². The van der Waals surface area contributed by atoms with Gasteiger partial charge in [-0.3, -0.25) is 4.48 Å². The molecule has 178 valence electrons. The number of quaternary nitrogens is 1. The highest BCUT2D eigenvalue weighted by atomic mass is 127. The van der Waals surface area contributed by atoms with Crippen LogP contribution in [0, 0.1) is 17.8 Å². The second kappa shape index (κ2) is 8.10. The first-order valence-electron chi connectivity index (χ1n) is 13.1. The predicted octanol–water partition coefficient (Wildman–Crippen LogP) is 1.04. The van der Waals surface area contributed by atoms with Crippen LogP contribution in [0.2, 0.25) is 0 Å². The average molecular weight is 553 g/mol. The SMILES string of the molecule is CCCCCCC[N+]12C3C[C@H](C4[C@H](O)C5(C[C@@H]41)c1ccccc1N(C)[C@@H]35)[C@H](CC)[C@H]2O.[I-]. The lowest BCUT2D eigenvalue weighted by Gasteiger charge is -2.68. The molecule has 2 N–H and O–H groups in total. The summed E-state index contributed by atoms with van der Waals surface area (Å²) in [5, 5.41) is 24.0. The number of hydrogen-bond donors (Lipinski definition) is 2. The molecule has 5 heterocycles. The van der Waals surface area contributed by atoms with Gasteiger partial charge in [-0.2, -0.15) is 0 Å². The van der Waals surface area contributed by atoms with Crippen LogP contribution in [0.25, 0.3) is 0 Å². The molecule has 7 rings (SSSR count). The van der Waals surface area contributed by atoms with Gasteiger partial charge in [0.2, 0.25) is 0 Å². The van der Waals surface area contributed by atoms with Crippen LogP contribution in [0.15, 0.2) is 24.3 Å². The maximum Gasteiger partial charge on any atom is 0.194 e. The Morgan fingerprint density at radius 3 is 2.56 bits per heavy atom. The molecule has 1 aliphatic carbocycles. The minimum atomic E-state index is -0.273. The number of benzene rings is 1. The summed E-state index contributed by atoms with van der Waals surface area (Å²) in [7, 11) is 2.26. The van der Waals surface area contributed by atoms with Crippen molar-refractivity contribution in [3.63, 3.8) is 0 Å². The summed E-state index contributed by atoms with van der Waals surface area (Å²) < 4.78 is 0.896. The zero-order valence-corrected chi connectivity index (χ0v) is 22.1. The lowest BCUT2D eigenvalue weighted by atomic mass is 9.60. The van der Waals surface area contributed by atoms with Gasteiger partial charge in [0.15, 0.2) is 6.23 Å². The zero-order chi connectivity index (χ0) is 21.5. The van der Waals surface area contributed by atoms with E-state index in [1.165, 1.54) is 49.8 Å². The van der Waals surface area contributed by atoms with Gasteiger partial charge in [0.25, 0.3) is 0 Å². The second-order valence-electron chi connectivity index (χ2n) is 11.5. The maximum absolute atomic E-state index is 12.1. The van der Waals surface area contributed by atoms with Crippen LogP contribution in [-0.2, 0) is 5.41 Å². The van der Waals surface area contributed by atoms with Crippen molar-refractivity contribution >= 4 is 5.69 Å². The molecule has 4 unspecified atom stereocenters. The van der Waals surface area contributed by atoms with E-state index in [9.17, 15) is 10.2 Å². The number of nitrogens with zero attached hydrogens (tertiary/aromatic N) is 2. The molecule has 0 aromatic heterocycles. The van der Waals surface area contributed by atoms with E-state index in [0.717, 1.165) is 23.9 Å². The van der Waals surface area contributed by atoms with E-state index in [1.807, 2.05) is 0 Å². The van der Waals surface area contributed by atoms with Crippen molar-refractivity contribution in [2.24, 2.45) is 17.8 Å². The minimum absolute atomic E-state index is 0. The van der Waals surface area contributed by atoms with Crippen molar-refractivity contribution in [1.82, 2.24) is 0 Å². The van der Waals surface area contributed by atoms with Gasteiger partial charge in [0.05, 0.1) is 30.1 Å². The molecule has 1 saturated carbocycles. The number of aliphatic hydroxyl groups excluding tert-OH is 2. The largest absolute Gasteiger partial charge is 1.00 e. The number of anilines is 1. The van der Waals surface area contributed by atoms with E-state index < -0.39 is 0 Å². The number of fused-ring (bicyclic) bond motifs is 2. The van der Waals surface area contributed by atoms with Crippen molar-refractivity contribution < 1.29 is 38.7 Å². The monoisotopic (exact) mass is 552 g/mol. The van der Waals surface area contributed by atoms with Crippen molar-refractivity contribution in [3.05, 3.63) is 29.8 Å². The number of para-hydroxylation sites is 1. The highest BCUT2D eigenvalue weighted by Gasteiger charge is 2.82. The summed E-state index contributed by atoms with van der Waals surface area (Å²) in [6.45, 7) is 5.64. The van der Waals surface area contributed by atoms with E-state index in [4.69, 9.17) is 0 Å². The first-order valence-corrected chi connectivity index (χ1v) is 13.1. The van der Waals surface area contributed by atoms with Gasteiger partial charge >= 0.3 is 0 Å². The molecular formula is C27H41IN2O2. The Labute approximate surface area is 211 Å². The molecule has 1 aromatic carbocycles. The Morgan fingerprint density at radius 2 is 1.81 bits per heavy atom. The fourth-order valence-corrected chi connectivity index (χ4v) is 9.83. The van der Waals surface area contributed by atoms with Crippen LogP contribution < -0.4 is 28.9 Å². The highest BCUT2D eigenvalue weighted by molar-refractivity contribution is 5.66. The molecule has 1 aromatic rings. The molecule has 5 fully saturated rings. The third kappa shape index (κ3) is 2.55. The Hall–Kier alpha value is -0.370. The number of halogens is 1. The summed E-state index contributed by atoms with van der Waals surface area (Å²) in [5.74, 6) is 1.18. The predicted molar refractivity (Wildman–Crippen MR) is 124 cm³/mol. The van der Waals surface area contributed by atoms with Crippen molar-refractivity contribution in [2.45, 2.75) is 101 Å². The maximum atomic E-state index is 12.1. The topological polar surface area (TPSA) is 43.7 Å². The minimum Gasteiger partial charge on any atom is -1.00 e. The van der Waals surface area contributed by atoms with Crippen LogP contribution >= 0.6 is 0 Å². The molecule has 4 saturated heterocycles. The normalized spacial score (nSPS) is 46.8. The van der Waals surface area contributed by atoms with E-state index in [-0.39, 0.29) is 41.7 Å². The number of unbranched alkanes of at least 4 members (excludes halogenated alkanes) is 4. The van der Waals surface area contributed by atoms with Gasteiger partial charge < -0.3 is 39.1 Å². The molecule has 0 radical (unpaired) electrons. The third-order valence-electron chi connectivity index (χ3n) is 10.8. The number of piperidine rings is 4. The van der Waals surface area contributed by atoms with E-state index in [2.05, 4.69) is 50.1 Å². The molecule has 1 spiro atoms. The van der Waals surface area contributed by atoms with Crippen LogP contribution in [0.1, 0.15) is 70.8 Å². The highest BCUT2D eigenvalue weighted by Crippen LogP contribution is 2.71. The van der Waals surface area contributed by atoms with Gasteiger partial charge in [-0.05, 0) is 36.8 Å². The molecule has 0 amide bonds. The van der Waals surface area contributed by atoms with Gasteiger partial charge in [-0.1, -0.05) is 51.3 Å². The average Bonchev–Trinajstić information content (AvgIpc) is 3.16. The summed E-state index contributed by atoms with van der Waals surface area (Å²) in [5.41, 5.74) is 2.57. The Morgan fingerprint density at radius 1 is 1.06 bits per heavy atom. The fourth-order valence-electron chi connectivity index (χ4n) is 9.83. The molecule has 32 heavy (non-hydrogen) atoms. The van der Waals surface area contributed by atoms with Gasteiger partial charge in [0, 0.05) is 37.4 Å². The second-order valence-corrected chi connectivity index (χ2v) is 11.5. The first kappa shape index (κ1) is 23.4. The number of hydrogen-bond acceptors (Lipinski definition) is 3. The lowest BCUT2D eigenvalue weighted by Crippen LogP contribution is -3.00. The number of aliphatic hydroxyl groups is 2. The summed E-state index contributed by atoms with van der Waals surface area (Å²) in [6, 6.07) is 10.0. The standard InChI is InChI=1S/C27H41N2O2.HI/c1-4-6-7-8-11-14-29-21-15-18(17(5-2)26(29)31)23-22(29)16-27(25(23)30)19-12-9-10-13-20(19)28(3)24(21)27;/h9-10,12-13,17-18,21-26,30-31H,4-8,11,14-16H2,1-3H3;1H/q+1;/p-1/t17-,18-,21?,22-,23?,24-,25-,26+,27?,29?;/m0./s1.